The summed E-state index contributed by atoms with van der Waals surface area (Å²) in [6, 6.07) is 6.50. The molecule has 9 heteroatoms. The summed E-state index contributed by atoms with van der Waals surface area (Å²) in [6.07, 6.45) is -3.21. The molecule has 0 saturated heterocycles. The average molecular weight is 363 g/mol. The number of benzene rings is 1. The van der Waals surface area contributed by atoms with E-state index in [1.165, 1.54) is 24.5 Å². The molecule has 0 aliphatic heterocycles. The molecule has 0 aliphatic rings. The zero-order valence-electron chi connectivity index (χ0n) is 11.4. The number of nitrogens with one attached hydrogen (secondary N) is 2. The van der Waals surface area contributed by atoms with Gasteiger partial charge in [0.25, 0.3) is 5.91 Å². The minimum absolute atomic E-state index is 0.00246. The molecule has 122 valence electrons. The van der Waals surface area contributed by atoms with Crippen LogP contribution in [0, 0.1) is 0 Å². The van der Waals surface area contributed by atoms with E-state index in [9.17, 15) is 18.0 Å². The SMILES string of the molecule is O=C(NC(=S)NCc1ccc(Cl)c(C(F)(F)F)c1)c1ccco1. The van der Waals surface area contributed by atoms with Gasteiger partial charge in [-0.05, 0) is 42.0 Å². The highest BCUT2D eigenvalue weighted by Crippen LogP contribution is 2.35. The quantitative estimate of drug-likeness (QED) is 0.816. The van der Waals surface area contributed by atoms with Crippen molar-refractivity contribution in [2.75, 3.05) is 0 Å². The zero-order chi connectivity index (χ0) is 17.0. The maximum atomic E-state index is 12.8. The van der Waals surface area contributed by atoms with Crippen LogP contribution < -0.4 is 10.6 Å². The lowest BCUT2D eigenvalue weighted by atomic mass is 10.1. The molecule has 2 aromatic rings. The molecule has 1 aromatic carbocycles. The fraction of sp³-hybridized carbons (Fsp3) is 0.143. The largest absolute Gasteiger partial charge is 0.459 e. The van der Waals surface area contributed by atoms with Gasteiger partial charge in [-0.2, -0.15) is 13.2 Å². The molecule has 0 aliphatic carbocycles. The Hall–Kier alpha value is -2.06. The topological polar surface area (TPSA) is 54.3 Å². The summed E-state index contributed by atoms with van der Waals surface area (Å²) in [7, 11) is 0. The molecule has 0 unspecified atom stereocenters. The van der Waals surface area contributed by atoms with Crippen LogP contribution in [0.4, 0.5) is 13.2 Å². The van der Waals surface area contributed by atoms with Gasteiger partial charge in [0.2, 0.25) is 0 Å². The lowest BCUT2D eigenvalue weighted by molar-refractivity contribution is -0.137. The maximum Gasteiger partial charge on any atom is 0.417 e. The third kappa shape index (κ3) is 4.70. The number of hydrogen-bond donors (Lipinski definition) is 2. The average Bonchev–Trinajstić information content (AvgIpc) is 2.99. The number of carbonyl (C=O) groups is 1. The molecule has 0 bridgehead atoms. The summed E-state index contributed by atoms with van der Waals surface area (Å²) in [4.78, 5) is 11.7. The van der Waals surface area contributed by atoms with E-state index in [4.69, 9.17) is 28.2 Å². The molecule has 23 heavy (non-hydrogen) atoms. The summed E-state index contributed by atoms with van der Waals surface area (Å²) in [5.74, 6) is -0.486. The van der Waals surface area contributed by atoms with Crippen molar-refractivity contribution in [3.8, 4) is 0 Å². The Morgan fingerprint density at radius 1 is 1.30 bits per heavy atom. The van der Waals surface area contributed by atoms with Crippen LogP contribution in [-0.4, -0.2) is 11.0 Å². The van der Waals surface area contributed by atoms with E-state index in [1.54, 1.807) is 0 Å². The Labute approximate surface area is 139 Å². The van der Waals surface area contributed by atoms with Crippen LogP contribution in [0.25, 0.3) is 0 Å². The van der Waals surface area contributed by atoms with Crippen LogP contribution >= 0.6 is 23.8 Å². The number of carbonyl (C=O) groups excluding carboxylic acids is 1. The fourth-order valence-corrected chi connectivity index (χ4v) is 2.09. The van der Waals surface area contributed by atoms with Crippen LogP contribution in [0.1, 0.15) is 21.7 Å². The first-order chi connectivity index (χ1) is 10.8. The third-order valence-corrected chi connectivity index (χ3v) is 3.34. The molecule has 2 N–H and O–H groups in total. The molecule has 2 rings (SSSR count). The lowest BCUT2D eigenvalue weighted by Crippen LogP contribution is -2.38. The maximum absolute atomic E-state index is 12.8. The van der Waals surface area contributed by atoms with Gasteiger partial charge in [-0.1, -0.05) is 17.7 Å². The normalized spacial score (nSPS) is 11.1. The predicted molar refractivity (Wildman–Crippen MR) is 82.1 cm³/mol. The van der Waals surface area contributed by atoms with Crippen molar-refractivity contribution in [2.24, 2.45) is 0 Å². The smallest absolute Gasteiger partial charge is 0.417 e. The Morgan fingerprint density at radius 2 is 2.04 bits per heavy atom. The number of hydrogen-bond acceptors (Lipinski definition) is 3. The van der Waals surface area contributed by atoms with E-state index < -0.39 is 17.6 Å². The predicted octanol–water partition coefficient (Wildman–Crippen LogP) is 3.76. The molecular formula is C14H10ClF3N2O2S. The number of alkyl halides is 3. The molecule has 0 radical (unpaired) electrons. The van der Waals surface area contributed by atoms with Crippen molar-refractivity contribution in [2.45, 2.75) is 12.7 Å². The second-order valence-electron chi connectivity index (χ2n) is 4.43. The molecule has 0 saturated carbocycles. The Kier molecular flexibility index (Phi) is 5.27. The van der Waals surface area contributed by atoms with Crippen molar-refractivity contribution in [1.82, 2.24) is 10.6 Å². The molecule has 4 nitrogen and oxygen atoms in total. The summed E-state index contributed by atoms with van der Waals surface area (Å²) >= 11 is 10.4. The molecule has 0 atom stereocenters. The van der Waals surface area contributed by atoms with Crippen molar-refractivity contribution in [3.63, 3.8) is 0 Å². The highest BCUT2D eigenvalue weighted by molar-refractivity contribution is 7.80. The number of halogens is 4. The van der Waals surface area contributed by atoms with Crippen molar-refractivity contribution >= 4 is 34.8 Å². The van der Waals surface area contributed by atoms with Gasteiger partial charge in [0.1, 0.15) is 0 Å². The standard InChI is InChI=1S/C14H10ClF3N2O2S/c15-10-4-3-8(6-9(10)14(16,17)18)7-19-13(23)20-12(21)11-2-1-5-22-11/h1-6H,7H2,(H2,19,20,21,23). The number of thiocarbonyl (C=S) groups is 1. The van der Waals surface area contributed by atoms with E-state index >= 15 is 0 Å². The third-order valence-electron chi connectivity index (χ3n) is 2.76. The van der Waals surface area contributed by atoms with Gasteiger partial charge in [0.05, 0.1) is 16.8 Å². The van der Waals surface area contributed by atoms with E-state index in [0.717, 1.165) is 12.1 Å². The van der Waals surface area contributed by atoms with Crippen LogP contribution in [0.5, 0.6) is 0 Å². The molecule has 1 heterocycles. The van der Waals surface area contributed by atoms with E-state index in [1.807, 2.05) is 0 Å². The molecule has 1 amide bonds. The Bertz CT molecular complexity index is 717. The first kappa shape index (κ1) is 17.3. The summed E-state index contributed by atoms with van der Waals surface area (Å²) in [5, 5.41) is 4.57. The van der Waals surface area contributed by atoms with Crippen LogP contribution in [0.3, 0.4) is 0 Å². The second-order valence-corrected chi connectivity index (χ2v) is 5.24. The van der Waals surface area contributed by atoms with Gasteiger partial charge >= 0.3 is 6.18 Å². The zero-order valence-corrected chi connectivity index (χ0v) is 13.0. The highest BCUT2D eigenvalue weighted by Gasteiger charge is 2.33. The van der Waals surface area contributed by atoms with Gasteiger partial charge in [0.15, 0.2) is 10.9 Å². The lowest BCUT2D eigenvalue weighted by Gasteiger charge is -2.12. The van der Waals surface area contributed by atoms with E-state index in [-0.39, 0.29) is 22.4 Å². The van der Waals surface area contributed by atoms with Crippen molar-refractivity contribution in [1.29, 1.82) is 0 Å². The van der Waals surface area contributed by atoms with Gasteiger partial charge in [-0.15, -0.1) is 0 Å². The molecule has 1 aromatic heterocycles. The summed E-state index contributed by atoms with van der Waals surface area (Å²) < 4.78 is 43.2. The minimum Gasteiger partial charge on any atom is -0.459 e. The van der Waals surface area contributed by atoms with Crippen LogP contribution in [-0.2, 0) is 12.7 Å². The number of amides is 1. The van der Waals surface area contributed by atoms with Gasteiger partial charge in [0, 0.05) is 6.54 Å². The summed E-state index contributed by atoms with van der Waals surface area (Å²) in [6.45, 7) is -0.00246. The Balaban J connectivity index is 1.96. The van der Waals surface area contributed by atoms with Crippen LogP contribution in [0.15, 0.2) is 41.0 Å². The Morgan fingerprint density at radius 3 is 2.65 bits per heavy atom. The molecular weight excluding hydrogens is 353 g/mol. The number of rotatable bonds is 3. The first-order valence-corrected chi connectivity index (χ1v) is 7.04. The van der Waals surface area contributed by atoms with Crippen molar-refractivity contribution in [3.05, 3.63) is 58.5 Å². The summed E-state index contributed by atoms with van der Waals surface area (Å²) in [5.41, 5.74) is -0.611. The van der Waals surface area contributed by atoms with Gasteiger partial charge in [-0.3, -0.25) is 10.1 Å². The fourth-order valence-electron chi connectivity index (χ4n) is 1.70. The molecule has 0 fully saturated rings. The first-order valence-electron chi connectivity index (χ1n) is 6.25. The van der Waals surface area contributed by atoms with E-state index in [2.05, 4.69) is 10.6 Å². The van der Waals surface area contributed by atoms with Crippen molar-refractivity contribution < 1.29 is 22.4 Å². The van der Waals surface area contributed by atoms with E-state index in [0.29, 0.717) is 5.56 Å². The molecule has 0 spiro atoms. The highest BCUT2D eigenvalue weighted by atomic mass is 35.5. The minimum atomic E-state index is -4.54. The van der Waals surface area contributed by atoms with Crippen LogP contribution in [0.2, 0.25) is 5.02 Å². The number of furan rings is 1. The second kappa shape index (κ2) is 7.01. The monoisotopic (exact) mass is 362 g/mol. The van der Waals surface area contributed by atoms with Gasteiger partial charge < -0.3 is 9.73 Å². The van der Waals surface area contributed by atoms with Gasteiger partial charge in [-0.25, -0.2) is 0 Å².